The number of carbonyl (C=O) groups excluding carboxylic acids is 2. The van der Waals surface area contributed by atoms with E-state index in [1.54, 1.807) is 0 Å². The maximum absolute atomic E-state index is 11.5. The molecule has 0 aromatic rings. The maximum Gasteiger partial charge on any atom is 0.324 e. The minimum absolute atomic E-state index is 0.685. The van der Waals surface area contributed by atoms with Crippen molar-refractivity contribution in [1.82, 2.24) is 10.6 Å². The van der Waals surface area contributed by atoms with Crippen LogP contribution in [0.25, 0.3) is 0 Å². The summed E-state index contributed by atoms with van der Waals surface area (Å²) in [5, 5.41) is 41.5. The number of aliphatic hydroxyl groups is 4. The van der Waals surface area contributed by atoms with Crippen LogP contribution in [0.1, 0.15) is 0 Å². The Morgan fingerprint density at radius 2 is 1.88 bits per heavy atom. The molecule has 96 valence electrons. The molecule has 2 aliphatic rings. The molecule has 2 aliphatic heterocycles. The van der Waals surface area contributed by atoms with Crippen molar-refractivity contribution < 1.29 is 34.8 Å². The van der Waals surface area contributed by atoms with E-state index < -0.39 is 48.7 Å². The van der Waals surface area contributed by atoms with Crippen LogP contribution in [0, 0.1) is 0 Å². The topological polar surface area (TPSA) is 148 Å². The highest BCUT2D eigenvalue weighted by Crippen LogP contribution is 2.30. The molecule has 2 rings (SSSR count). The number of aliphatic hydroxyl groups excluding tert-OH is 4. The Morgan fingerprint density at radius 3 is 2.35 bits per heavy atom. The Balaban J connectivity index is 2.34. The zero-order valence-corrected chi connectivity index (χ0v) is 8.53. The quantitative estimate of drug-likeness (QED) is 0.259. The number of nitrogens with one attached hydrogen (secondary N) is 2. The van der Waals surface area contributed by atoms with Crippen molar-refractivity contribution in [3.05, 3.63) is 0 Å². The molecule has 0 saturated carbocycles. The molecule has 9 nitrogen and oxygen atoms in total. The van der Waals surface area contributed by atoms with Gasteiger partial charge in [0.1, 0.15) is 24.4 Å². The van der Waals surface area contributed by atoms with Crippen molar-refractivity contribution in [2.24, 2.45) is 0 Å². The van der Waals surface area contributed by atoms with Crippen molar-refractivity contribution in [2.45, 2.75) is 30.1 Å². The van der Waals surface area contributed by atoms with Crippen LogP contribution in [-0.4, -0.2) is 69.1 Å². The number of rotatable bonds is 1. The van der Waals surface area contributed by atoms with Gasteiger partial charge in [-0.2, -0.15) is 0 Å². The number of imide groups is 1. The largest absolute Gasteiger partial charge is 0.394 e. The van der Waals surface area contributed by atoms with Gasteiger partial charge >= 0.3 is 6.03 Å². The molecule has 2 fully saturated rings. The number of urea groups is 1. The third-order valence-corrected chi connectivity index (χ3v) is 2.85. The Bertz CT molecular complexity index is 360. The van der Waals surface area contributed by atoms with Gasteiger partial charge in [0.15, 0.2) is 0 Å². The summed E-state index contributed by atoms with van der Waals surface area (Å²) in [4.78, 5) is 22.5. The molecule has 1 spiro atoms. The molecule has 17 heavy (non-hydrogen) atoms. The van der Waals surface area contributed by atoms with Gasteiger partial charge in [0, 0.05) is 0 Å². The molecule has 6 N–H and O–H groups in total. The summed E-state index contributed by atoms with van der Waals surface area (Å²) in [5.41, 5.74) is -2.18. The highest BCUT2D eigenvalue weighted by atomic mass is 16.6. The van der Waals surface area contributed by atoms with Crippen molar-refractivity contribution in [3.8, 4) is 0 Å². The lowest BCUT2D eigenvalue weighted by atomic mass is 9.90. The zero-order valence-electron chi connectivity index (χ0n) is 8.53. The number of ether oxygens (including phenoxy) is 1. The van der Waals surface area contributed by atoms with Gasteiger partial charge in [0.05, 0.1) is 6.61 Å². The number of amides is 3. The first-order valence-corrected chi connectivity index (χ1v) is 4.89. The monoisotopic (exact) mass is 248 g/mol. The predicted octanol–water partition coefficient (Wildman–Crippen LogP) is -4.00. The second-order valence-electron chi connectivity index (χ2n) is 3.91. The van der Waals surface area contributed by atoms with E-state index in [9.17, 15) is 24.9 Å². The molecule has 0 bridgehead atoms. The van der Waals surface area contributed by atoms with Gasteiger partial charge in [0.25, 0.3) is 11.6 Å². The van der Waals surface area contributed by atoms with E-state index in [0.29, 0.717) is 0 Å². The molecule has 0 aromatic heterocycles. The number of carbonyl (C=O) groups is 2. The highest BCUT2D eigenvalue weighted by molar-refractivity contribution is 6.06. The molecular weight excluding hydrogens is 236 g/mol. The normalized spacial score (nSPS) is 45.9. The van der Waals surface area contributed by atoms with Crippen LogP contribution in [0.2, 0.25) is 0 Å². The van der Waals surface area contributed by atoms with Gasteiger partial charge < -0.3 is 25.2 Å². The van der Waals surface area contributed by atoms with Gasteiger partial charge in [-0.25, -0.2) is 4.79 Å². The van der Waals surface area contributed by atoms with Crippen LogP contribution in [-0.2, 0) is 9.53 Å². The summed E-state index contributed by atoms with van der Waals surface area (Å²) >= 11 is 0. The SMILES string of the molecule is O=C1NC(=O)C2(N1)O[C@H](CO)[C@@H](O)[C@H](O)[C@H]2O. The summed E-state index contributed by atoms with van der Waals surface area (Å²) < 4.78 is 5.01. The van der Waals surface area contributed by atoms with Gasteiger partial charge in [-0.3, -0.25) is 15.4 Å². The summed E-state index contributed by atoms with van der Waals surface area (Å²) in [6, 6.07) is -0.894. The second-order valence-corrected chi connectivity index (χ2v) is 3.91. The van der Waals surface area contributed by atoms with E-state index in [4.69, 9.17) is 9.84 Å². The molecule has 2 saturated heterocycles. The zero-order chi connectivity index (χ0) is 12.8. The van der Waals surface area contributed by atoms with E-state index in [0.717, 1.165) is 0 Å². The Kier molecular flexibility index (Phi) is 2.79. The van der Waals surface area contributed by atoms with E-state index in [1.165, 1.54) is 0 Å². The third-order valence-electron chi connectivity index (χ3n) is 2.85. The van der Waals surface area contributed by atoms with Crippen molar-refractivity contribution >= 4 is 11.9 Å². The van der Waals surface area contributed by atoms with Gasteiger partial charge in [0.2, 0.25) is 0 Å². The third kappa shape index (κ3) is 1.59. The lowest BCUT2D eigenvalue weighted by Gasteiger charge is -2.44. The lowest BCUT2D eigenvalue weighted by Crippen LogP contribution is -2.71. The summed E-state index contributed by atoms with van der Waals surface area (Å²) in [6.07, 6.45) is -6.43. The summed E-state index contributed by atoms with van der Waals surface area (Å²) in [5.74, 6) is -0.987. The minimum atomic E-state index is -2.18. The number of hydrogen-bond acceptors (Lipinski definition) is 7. The summed E-state index contributed by atoms with van der Waals surface area (Å²) in [6.45, 7) is -0.685. The van der Waals surface area contributed by atoms with E-state index in [-0.39, 0.29) is 0 Å². The Labute approximate surface area is 95.0 Å². The number of hydrogen-bond donors (Lipinski definition) is 6. The molecule has 2 heterocycles. The fourth-order valence-electron chi connectivity index (χ4n) is 1.91. The molecule has 5 atom stereocenters. The van der Waals surface area contributed by atoms with Gasteiger partial charge in [-0.05, 0) is 0 Å². The average molecular weight is 248 g/mol. The van der Waals surface area contributed by atoms with Gasteiger partial charge in [-0.1, -0.05) is 0 Å². The lowest BCUT2D eigenvalue weighted by molar-refractivity contribution is -0.267. The maximum atomic E-state index is 11.5. The van der Waals surface area contributed by atoms with Crippen molar-refractivity contribution in [1.29, 1.82) is 0 Å². The fraction of sp³-hybridized carbons (Fsp3) is 0.750. The molecule has 0 aliphatic carbocycles. The second kappa shape index (κ2) is 3.89. The van der Waals surface area contributed by atoms with Crippen LogP contribution >= 0.6 is 0 Å². The molecule has 0 radical (unpaired) electrons. The smallest absolute Gasteiger partial charge is 0.324 e. The summed E-state index contributed by atoms with van der Waals surface area (Å²) in [7, 11) is 0. The van der Waals surface area contributed by atoms with Crippen LogP contribution in [0.4, 0.5) is 4.79 Å². The molecular formula is C8H12N2O7. The Hall–Kier alpha value is -1.26. The van der Waals surface area contributed by atoms with Gasteiger partial charge in [-0.15, -0.1) is 0 Å². The molecule has 0 aromatic carbocycles. The molecule has 3 amide bonds. The first-order chi connectivity index (χ1) is 7.92. The minimum Gasteiger partial charge on any atom is -0.394 e. The highest BCUT2D eigenvalue weighted by Gasteiger charge is 2.61. The molecule has 9 heteroatoms. The van der Waals surface area contributed by atoms with Crippen molar-refractivity contribution in [2.75, 3.05) is 6.61 Å². The van der Waals surface area contributed by atoms with E-state index in [1.807, 2.05) is 10.6 Å². The Morgan fingerprint density at radius 1 is 1.24 bits per heavy atom. The predicted molar refractivity (Wildman–Crippen MR) is 49.4 cm³/mol. The fourth-order valence-corrected chi connectivity index (χ4v) is 1.91. The van der Waals surface area contributed by atoms with Crippen LogP contribution in [0.15, 0.2) is 0 Å². The molecule has 1 unspecified atom stereocenters. The van der Waals surface area contributed by atoms with Crippen LogP contribution < -0.4 is 10.6 Å². The average Bonchev–Trinajstić information content (AvgIpc) is 2.57. The first-order valence-electron chi connectivity index (χ1n) is 4.89. The standard InChI is InChI=1S/C8H12N2O7/c11-1-2-3(12)4(13)5(14)8(17-2)6(15)9-7(16)10-8/h2-5,11-14H,1H2,(H2,9,10,15,16)/t2-,3-,4+,5-,8?/m1/s1. The van der Waals surface area contributed by atoms with Crippen LogP contribution in [0.5, 0.6) is 0 Å². The first kappa shape index (κ1) is 12.2. The van der Waals surface area contributed by atoms with E-state index in [2.05, 4.69) is 0 Å². The van der Waals surface area contributed by atoms with E-state index >= 15 is 0 Å². The van der Waals surface area contributed by atoms with Crippen LogP contribution in [0.3, 0.4) is 0 Å². The van der Waals surface area contributed by atoms with Crippen molar-refractivity contribution in [3.63, 3.8) is 0 Å².